The third-order valence-electron chi connectivity index (χ3n) is 8.90. The highest BCUT2D eigenvalue weighted by molar-refractivity contribution is 6.06. The van der Waals surface area contributed by atoms with Crippen LogP contribution in [-0.4, -0.2) is 57.8 Å². The summed E-state index contributed by atoms with van der Waals surface area (Å²) in [6.45, 7) is 11.4. The minimum atomic E-state index is -0.539. The van der Waals surface area contributed by atoms with Crippen molar-refractivity contribution in [1.82, 2.24) is 20.4 Å². The molecular weight excluding hydrogens is 560 g/mol. The second kappa shape index (κ2) is 14.0. The summed E-state index contributed by atoms with van der Waals surface area (Å²) < 4.78 is 0. The summed E-state index contributed by atoms with van der Waals surface area (Å²) in [6.07, 6.45) is 2.89. The van der Waals surface area contributed by atoms with E-state index in [1.54, 1.807) is 9.80 Å². The molecule has 0 aromatic heterocycles. The van der Waals surface area contributed by atoms with E-state index in [2.05, 4.69) is 44.4 Å². The van der Waals surface area contributed by atoms with Gasteiger partial charge in [-0.3, -0.25) is 39.4 Å². The predicted octanol–water partition coefficient (Wildman–Crippen LogP) is 4.17. The lowest BCUT2D eigenvalue weighted by Crippen LogP contribution is -2.52. The predicted molar refractivity (Wildman–Crippen MR) is 165 cm³/mol. The van der Waals surface area contributed by atoms with E-state index in [4.69, 9.17) is 0 Å². The lowest BCUT2D eigenvalue weighted by atomic mass is 9.94. The van der Waals surface area contributed by atoms with Crippen molar-refractivity contribution in [3.05, 3.63) is 69.8 Å². The molecule has 0 aliphatic carbocycles. The van der Waals surface area contributed by atoms with Gasteiger partial charge in [-0.1, -0.05) is 58.0 Å². The molecule has 3 atom stereocenters. The van der Waals surface area contributed by atoms with Gasteiger partial charge >= 0.3 is 0 Å². The standard InChI is InChI=1S/C18H24N2O3.C16H18N2O3/c1-4-12(2)14-6-7-15-10-20(18(23)16(15)9-14)13(3)5-8-17(22)19-11-21;1-9(2)11-5-3-4-10-8-18(16(21)14(10)11)12-6-7-13(19)17-15(12)20/h6-7,9,11-13H,4-5,8,10H2,1-3H3,(H,19,21,22);3-5,9,12H,6-8H2,1-2H3,(H,17,19,20). The number of amides is 6. The Labute approximate surface area is 258 Å². The molecule has 234 valence electrons. The average molecular weight is 603 g/mol. The van der Waals surface area contributed by atoms with Crippen LogP contribution in [0.15, 0.2) is 36.4 Å². The quantitative estimate of drug-likeness (QED) is 0.327. The van der Waals surface area contributed by atoms with Crippen LogP contribution in [0.3, 0.4) is 0 Å². The average Bonchev–Trinajstić information content (AvgIpc) is 3.52. The maximum Gasteiger partial charge on any atom is 0.255 e. The monoisotopic (exact) mass is 602 g/mol. The normalized spacial score (nSPS) is 18.7. The molecule has 3 aliphatic rings. The lowest BCUT2D eigenvalue weighted by molar-refractivity contribution is -0.137. The van der Waals surface area contributed by atoms with Crippen LogP contribution in [-0.2, 0) is 32.3 Å². The van der Waals surface area contributed by atoms with E-state index in [9.17, 15) is 28.8 Å². The van der Waals surface area contributed by atoms with Crippen LogP contribution in [0.25, 0.3) is 0 Å². The first kappa shape index (κ1) is 32.6. The fourth-order valence-electron chi connectivity index (χ4n) is 6.00. The summed E-state index contributed by atoms with van der Waals surface area (Å²) in [5, 5.41) is 4.44. The summed E-state index contributed by atoms with van der Waals surface area (Å²) in [7, 11) is 0. The van der Waals surface area contributed by atoms with Gasteiger partial charge in [0.25, 0.3) is 11.8 Å². The van der Waals surface area contributed by atoms with Crippen molar-refractivity contribution in [2.45, 2.75) is 104 Å². The molecule has 3 heterocycles. The first-order valence-corrected chi connectivity index (χ1v) is 15.4. The second-order valence-corrected chi connectivity index (χ2v) is 12.2. The van der Waals surface area contributed by atoms with Crippen molar-refractivity contribution in [2.75, 3.05) is 0 Å². The van der Waals surface area contributed by atoms with Crippen molar-refractivity contribution in [2.24, 2.45) is 0 Å². The van der Waals surface area contributed by atoms with Gasteiger partial charge in [-0.15, -0.1) is 0 Å². The number of nitrogens with one attached hydrogen (secondary N) is 2. The van der Waals surface area contributed by atoms with Crippen LogP contribution in [0.4, 0.5) is 0 Å². The number of carbonyl (C=O) groups is 6. The van der Waals surface area contributed by atoms with Crippen LogP contribution < -0.4 is 10.6 Å². The Hall–Kier alpha value is -4.34. The number of rotatable bonds is 9. The molecule has 44 heavy (non-hydrogen) atoms. The molecular formula is C34H42N4O6. The Morgan fingerprint density at radius 1 is 1.02 bits per heavy atom. The highest BCUT2D eigenvalue weighted by Crippen LogP contribution is 2.33. The molecule has 0 saturated carbocycles. The Kier molecular flexibility index (Phi) is 10.3. The molecule has 5 rings (SSSR count). The maximum atomic E-state index is 12.7. The van der Waals surface area contributed by atoms with Crippen molar-refractivity contribution in [3.8, 4) is 0 Å². The summed E-state index contributed by atoms with van der Waals surface area (Å²) in [6, 6.07) is 11.4. The van der Waals surface area contributed by atoms with Crippen LogP contribution in [0, 0.1) is 0 Å². The fraction of sp³-hybridized carbons (Fsp3) is 0.471. The minimum Gasteiger partial charge on any atom is -0.332 e. The Morgan fingerprint density at radius 2 is 1.77 bits per heavy atom. The topological polar surface area (TPSA) is 133 Å². The molecule has 0 radical (unpaired) electrons. The Bertz CT molecular complexity index is 1470. The van der Waals surface area contributed by atoms with E-state index in [0.717, 1.165) is 34.2 Å². The van der Waals surface area contributed by atoms with Crippen LogP contribution in [0.1, 0.15) is 122 Å². The highest BCUT2D eigenvalue weighted by atomic mass is 16.2. The molecule has 0 spiro atoms. The van der Waals surface area contributed by atoms with E-state index in [1.807, 2.05) is 37.3 Å². The highest BCUT2D eigenvalue weighted by Gasteiger charge is 2.40. The molecule has 2 N–H and O–H groups in total. The molecule has 2 aromatic rings. The number of carbonyl (C=O) groups excluding carboxylic acids is 6. The molecule has 3 aliphatic heterocycles. The summed E-state index contributed by atoms with van der Waals surface area (Å²) in [4.78, 5) is 73.6. The van der Waals surface area contributed by atoms with Gasteiger partial charge in [0.1, 0.15) is 6.04 Å². The van der Waals surface area contributed by atoms with Gasteiger partial charge in [0, 0.05) is 43.1 Å². The summed E-state index contributed by atoms with van der Waals surface area (Å²) in [5.74, 6) is -0.300. The van der Waals surface area contributed by atoms with E-state index in [0.29, 0.717) is 38.3 Å². The van der Waals surface area contributed by atoms with Crippen molar-refractivity contribution >= 4 is 35.9 Å². The SMILES string of the molecule is CC(C)c1cccc2c1C(=O)N(C1CCC(=O)NC1=O)C2.CCC(C)c1ccc2c(c1)C(=O)N(C(C)CCC(=O)NC=O)C2. The van der Waals surface area contributed by atoms with Crippen LogP contribution >= 0.6 is 0 Å². The molecule has 3 unspecified atom stereocenters. The third-order valence-corrected chi connectivity index (χ3v) is 8.90. The van der Waals surface area contributed by atoms with Gasteiger partial charge in [0.2, 0.25) is 24.1 Å². The van der Waals surface area contributed by atoms with Crippen molar-refractivity contribution in [3.63, 3.8) is 0 Å². The van der Waals surface area contributed by atoms with Crippen molar-refractivity contribution < 1.29 is 28.8 Å². The van der Waals surface area contributed by atoms with E-state index in [1.165, 1.54) is 5.56 Å². The van der Waals surface area contributed by atoms with Crippen molar-refractivity contribution in [1.29, 1.82) is 0 Å². The molecule has 1 saturated heterocycles. The van der Waals surface area contributed by atoms with Crippen LogP contribution in [0.2, 0.25) is 0 Å². The number of fused-ring (bicyclic) bond motifs is 2. The second-order valence-electron chi connectivity index (χ2n) is 12.2. The summed E-state index contributed by atoms with van der Waals surface area (Å²) in [5.41, 5.74) is 5.75. The number of imide groups is 2. The zero-order chi connectivity index (χ0) is 32.1. The van der Waals surface area contributed by atoms with E-state index >= 15 is 0 Å². The Morgan fingerprint density at radius 3 is 2.43 bits per heavy atom. The number of hydrogen-bond donors (Lipinski definition) is 2. The Balaban J connectivity index is 0.000000201. The van der Waals surface area contributed by atoms with Gasteiger partial charge in [-0.05, 0) is 66.3 Å². The zero-order valence-electron chi connectivity index (χ0n) is 26.1. The first-order chi connectivity index (χ1) is 21.0. The number of nitrogens with zero attached hydrogens (tertiary/aromatic N) is 2. The molecule has 6 amide bonds. The molecule has 0 bridgehead atoms. The molecule has 1 fully saturated rings. The summed E-state index contributed by atoms with van der Waals surface area (Å²) >= 11 is 0. The van der Waals surface area contributed by atoms with Gasteiger partial charge in [0.15, 0.2) is 0 Å². The van der Waals surface area contributed by atoms with E-state index < -0.39 is 6.04 Å². The zero-order valence-corrected chi connectivity index (χ0v) is 26.1. The van der Waals surface area contributed by atoms with Gasteiger partial charge in [0.05, 0.1) is 0 Å². The largest absolute Gasteiger partial charge is 0.332 e. The van der Waals surface area contributed by atoms with Gasteiger partial charge < -0.3 is 9.80 Å². The number of hydrogen-bond acceptors (Lipinski definition) is 6. The third kappa shape index (κ3) is 6.90. The molecule has 10 nitrogen and oxygen atoms in total. The molecule has 10 heteroatoms. The maximum absolute atomic E-state index is 12.7. The number of benzene rings is 2. The first-order valence-electron chi connectivity index (χ1n) is 15.4. The molecule has 2 aromatic carbocycles. The lowest BCUT2D eigenvalue weighted by Gasteiger charge is -2.29. The minimum absolute atomic E-state index is 0.0356. The van der Waals surface area contributed by atoms with Gasteiger partial charge in [-0.25, -0.2) is 0 Å². The number of piperidine rings is 1. The van der Waals surface area contributed by atoms with Crippen LogP contribution in [0.5, 0.6) is 0 Å². The fourth-order valence-corrected chi connectivity index (χ4v) is 6.00. The van der Waals surface area contributed by atoms with E-state index in [-0.39, 0.29) is 54.3 Å². The smallest absolute Gasteiger partial charge is 0.255 e. The van der Waals surface area contributed by atoms with Gasteiger partial charge in [-0.2, -0.15) is 0 Å².